The van der Waals surface area contributed by atoms with Crippen LogP contribution >= 0.6 is 0 Å². The van der Waals surface area contributed by atoms with E-state index in [9.17, 15) is 136 Å². The van der Waals surface area contributed by atoms with Gasteiger partial charge in [-0.25, -0.2) is 9.59 Å². The van der Waals surface area contributed by atoms with Crippen molar-refractivity contribution in [1.82, 2.24) is 21.3 Å². The number of aliphatic carboxylic acids is 2. The SMILES string of the molecule is CCCCCCCCCCCCC/C=C/[C@@H](O)[C@H](CO[C@@H]1O[C@H](CO)[C@@H](O[C@@H]2O[C@H](CO)[C@H](O[C@@H]3O[C@H](CO)[C@H](O)[C@H](O[C@@H]4O[C@H](CO)[C@H](O)[C@H](O)[C@H]4O)[C@H]3NC(C)=O)[C@H](O[C@]3(C(=O)O)C[C@H](O)[C@@H](NC(C)=O)[C@H]([C@H](O)[C@@H](CO)O[C@]4(C(=O)O)C[C@H](O)[C@@H](NC(C)=O)[C@H]([C@H](O)[C@H](O)COC(C)=O)O4)O3)[C@H]2O)[C@H](O)[C@H]1O)NC=O. The third-order valence-corrected chi connectivity index (χ3v) is 20.3. The smallest absolute Gasteiger partial charge is 0.364 e. The van der Waals surface area contributed by atoms with Crippen LogP contribution in [0.2, 0.25) is 0 Å². The van der Waals surface area contributed by atoms with E-state index in [0.717, 1.165) is 59.8 Å². The van der Waals surface area contributed by atoms with Crippen LogP contribution in [0.4, 0.5) is 0 Å². The highest BCUT2D eigenvalue weighted by molar-refractivity contribution is 5.78. The zero-order valence-electron chi connectivity index (χ0n) is 63.2. The number of ether oxygens (including phenoxy) is 13. The summed E-state index contributed by atoms with van der Waals surface area (Å²) in [7, 11) is 0. The van der Waals surface area contributed by atoms with Gasteiger partial charge in [0.1, 0.15) is 141 Å². The van der Waals surface area contributed by atoms with Gasteiger partial charge in [0.05, 0.1) is 76.1 Å². The molecule has 0 saturated carbocycles. The first-order chi connectivity index (χ1) is 53.5. The highest BCUT2D eigenvalue weighted by Crippen LogP contribution is 2.43. The summed E-state index contributed by atoms with van der Waals surface area (Å²) in [5.41, 5.74) is 0. The van der Waals surface area contributed by atoms with E-state index in [2.05, 4.69) is 28.2 Å². The number of amides is 4. The molecule has 0 aromatic carbocycles. The monoisotopic (exact) mass is 1640 g/mol. The molecule has 4 amide bonds. The van der Waals surface area contributed by atoms with Crippen molar-refractivity contribution in [2.75, 3.05) is 46.2 Å². The average Bonchev–Trinajstić information content (AvgIpc) is 0.749. The van der Waals surface area contributed by atoms with Crippen LogP contribution in [0.5, 0.6) is 0 Å². The van der Waals surface area contributed by atoms with E-state index >= 15 is 0 Å². The normalized spacial score (nSPS) is 37.9. The summed E-state index contributed by atoms with van der Waals surface area (Å²) in [5.74, 6) is -15.7. The third kappa shape index (κ3) is 25.4. The number of carbonyl (C=O) groups excluding carboxylic acids is 5. The lowest BCUT2D eigenvalue weighted by molar-refractivity contribution is -0.404. The van der Waals surface area contributed by atoms with Gasteiger partial charge >= 0.3 is 17.9 Å². The van der Waals surface area contributed by atoms with Gasteiger partial charge in [-0.05, 0) is 12.8 Å². The summed E-state index contributed by atoms with van der Waals surface area (Å²) in [5, 5.41) is 235. The molecule has 6 rings (SSSR count). The van der Waals surface area contributed by atoms with Crippen molar-refractivity contribution in [2.45, 2.75) is 332 Å². The molecule has 6 saturated heterocycles. The largest absolute Gasteiger partial charge is 0.477 e. The van der Waals surface area contributed by atoms with Crippen LogP contribution < -0.4 is 21.3 Å². The highest BCUT2D eigenvalue weighted by Gasteiger charge is 2.64. The minimum absolute atomic E-state index is 0.263. The van der Waals surface area contributed by atoms with E-state index in [1.54, 1.807) is 6.08 Å². The maximum Gasteiger partial charge on any atom is 0.364 e. The predicted octanol–water partition coefficient (Wildman–Crippen LogP) is -9.93. The summed E-state index contributed by atoms with van der Waals surface area (Å²) < 4.78 is 76.0. The van der Waals surface area contributed by atoms with Crippen molar-refractivity contribution in [1.29, 1.82) is 0 Å². The zero-order valence-corrected chi connectivity index (χ0v) is 63.2. The molecule has 0 aromatic heterocycles. The molecular formula is C69H116N4O40. The Morgan fingerprint density at radius 3 is 1.49 bits per heavy atom. The van der Waals surface area contributed by atoms with Crippen LogP contribution in [0, 0.1) is 0 Å². The molecule has 6 fully saturated rings. The Morgan fingerprint density at radius 2 is 0.956 bits per heavy atom. The van der Waals surface area contributed by atoms with E-state index < -0.39 is 302 Å². The Morgan fingerprint density at radius 1 is 0.496 bits per heavy atom. The Bertz CT molecular complexity index is 2970. The summed E-state index contributed by atoms with van der Waals surface area (Å²) in [6, 6.07) is -7.20. The number of allylic oxidation sites excluding steroid dienone is 1. The molecule has 0 radical (unpaired) electrons. The molecule has 44 nitrogen and oxygen atoms in total. The van der Waals surface area contributed by atoms with Gasteiger partial charge in [0.25, 0.3) is 11.6 Å². The standard InChI is InChI=1S/C69H116N4O40/c1-6-7-8-9-10-11-12-13-14-15-16-17-18-19-35(84)34(70-29-79)27-102-63-54(95)52(93)56(42(25-77)105-63)107-65-55(96)61(57(43(26-78)106-65)108-62-46(73-32(4)82)58(49(90)40(23-75)103-62)109-64-53(94)51(92)48(89)39(22-74)104-64)113-69(67(99)100)21-37(86)45(72-31(3)81)60(112-69)50(91)41(24-76)110-68(66(97)98)20-36(85)44(71-30(2)80)59(111-68)47(88)38(87)28-101-33(5)83/h18-19,29,34-65,74-78,84-96H,6-17,20-28H2,1-5H3,(H,70,79)(H,71,80)(H,72,81)(H,73,82)(H,97,98)(H,99,100)/b19-18+/t34-,35+,36-,37-,38+,39+,40+,41+,42+,43+,44+,45+,46+,47+,48-,49-,50+,51-,52+,53+,54+,55+,56+,57-,58+,59+,60+,61+,62-,63+,64-,65-,68+,69-/m0/s1. The lowest BCUT2D eigenvalue weighted by Crippen LogP contribution is -2.73. The van der Waals surface area contributed by atoms with Crippen LogP contribution in [-0.4, -0.2) is 398 Å². The summed E-state index contributed by atoms with van der Waals surface area (Å²) >= 11 is 0. The highest BCUT2D eigenvalue weighted by atomic mass is 16.8. The fraction of sp³-hybridized carbons (Fsp3) is 0.870. The second-order valence-electron chi connectivity index (χ2n) is 28.9. The first-order valence-electron chi connectivity index (χ1n) is 37.6. The minimum Gasteiger partial charge on any atom is -0.477 e. The van der Waals surface area contributed by atoms with Gasteiger partial charge in [0.2, 0.25) is 24.1 Å². The number of rotatable bonds is 45. The Balaban J connectivity index is 1.38. The number of unbranched alkanes of at least 4 members (excludes halogenated alkanes) is 11. The Kier molecular flexibility index (Phi) is 39.1. The molecule has 0 unspecified atom stereocenters. The minimum atomic E-state index is -3.70. The number of aliphatic hydroxyl groups is 18. The van der Waals surface area contributed by atoms with Crippen LogP contribution in [0.25, 0.3) is 0 Å². The topological polar surface area (TPSA) is 692 Å². The Labute approximate surface area is 649 Å². The number of aliphatic hydroxyl groups excluding tert-OH is 18. The molecule has 6 heterocycles. The van der Waals surface area contributed by atoms with Gasteiger partial charge in [0, 0.05) is 40.5 Å². The zero-order chi connectivity index (χ0) is 83.9. The molecule has 6 aliphatic rings. The maximum absolute atomic E-state index is 14.3. The quantitative estimate of drug-likeness (QED) is 0.0116. The molecule has 113 heavy (non-hydrogen) atoms. The van der Waals surface area contributed by atoms with Crippen molar-refractivity contribution in [3.8, 4) is 0 Å². The number of hydrogen-bond acceptors (Lipinski definition) is 38. The van der Waals surface area contributed by atoms with Crippen molar-refractivity contribution < 1.29 is 197 Å². The van der Waals surface area contributed by atoms with Crippen molar-refractivity contribution >= 4 is 42.0 Å². The molecular weight excluding hydrogens is 1520 g/mol. The Hall–Kier alpha value is -5.17. The van der Waals surface area contributed by atoms with Gasteiger partial charge in [0.15, 0.2) is 25.2 Å². The van der Waals surface area contributed by atoms with Crippen LogP contribution in [0.15, 0.2) is 12.2 Å². The second-order valence-corrected chi connectivity index (χ2v) is 28.9. The third-order valence-electron chi connectivity index (χ3n) is 20.3. The average molecular weight is 1640 g/mol. The lowest BCUT2D eigenvalue weighted by atomic mass is 9.87. The van der Waals surface area contributed by atoms with Crippen LogP contribution in [0.3, 0.4) is 0 Å². The van der Waals surface area contributed by atoms with E-state index in [1.807, 2.05) is 0 Å². The summed E-state index contributed by atoms with van der Waals surface area (Å²) in [6.45, 7) is -2.18. The molecule has 0 bridgehead atoms. The molecule has 0 aliphatic carbocycles. The second kappa shape index (κ2) is 45.7. The molecule has 652 valence electrons. The molecule has 34 atom stereocenters. The van der Waals surface area contributed by atoms with Gasteiger partial charge in [-0.1, -0.05) is 83.3 Å². The van der Waals surface area contributed by atoms with Crippen molar-refractivity contribution in [3.63, 3.8) is 0 Å². The van der Waals surface area contributed by atoms with E-state index in [1.165, 1.54) is 44.6 Å². The molecule has 0 spiro atoms. The number of hydrogen-bond donors (Lipinski definition) is 24. The number of carbonyl (C=O) groups is 7. The number of nitrogens with one attached hydrogen (secondary N) is 4. The summed E-state index contributed by atoms with van der Waals surface area (Å²) in [6.07, 6.45) is -49.0. The van der Waals surface area contributed by atoms with Gasteiger partial charge < -0.3 is 185 Å². The number of esters is 1. The van der Waals surface area contributed by atoms with Gasteiger partial charge in [-0.15, -0.1) is 0 Å². The first kappa shape index (κ1) is 96.7. The fourth-order valence-electron chi connectivity index (χ4n) is 14.3. The molecule has 44 heteroatoms. The van der Waals surface area contributed by atoms with Gasteiger partial charge in [-0.2, -0.15) is 0 Å². The molecule has 6 aliphatic heterocycles. The van der Waals surface area contributed by atoms with E-state index in [0.29, 0.717) is 6.42 Å². The first-order valence-corrected chi connectivity index (χ1v) is 37.6. The van der Waals surface area contributed by atoms with Gasteiger partial charge in [-0.3, -0.25) is 24.0 Å². The molecule has 24 N–H and O–H groups in total. The predicted molar refractivity (Wildman–Crippen MR) is 371 cm³/mol. The lowest BCUT2D eigenvalue weighted by Gasteiger charge is -2.53. The van der Waals surface area contributed by atoms with E-state index in [-0.39, 0.29) is 6.41 Å². The number of carboxylic acid groups (broad SMARTS) is 2. The molecule has 0 aromatic rings. The van der Waals surface area contributed by atoms with Crippen LogP contribution in [0.1, 0.15) is 125 Å². The fourth-order valence-corrected chi connectivity index (χ4v) is 14.3. The maximum atomic E-state index is 14.3. The van der Waals surface area contributed by atoms with Crippen molar-refractivity contribution in [2.24, 2.45) is 0 Å². The summed E-state index contributed by atoms with van der Waals surface area (Å²) in [4.78, 5) is 89.8. The van der Waals surface area contributed by atoms with Crippen molar-refractivity contribution in [3.05, 3.63) is 12.2 Å². The van der Waals surface area contributed by atoms with Crippen LogP contribution in [-0.2, 0) is 95.1 Å². The van der Waals surface area contributed by atoms with E-state index in [4.69, 9.17) is 61.6 Å². The number of carboxylic acids is 2.